The summed E-state index contributed by atoms with van der Waals surface area (Å²) in [6, 6.07) is 0. The highest BCUT2D eigenvalue weighted by Gasteiger charge is 2.27. The number of guanidine groups is 1. The number of likely N-dealkylation sites (N-methyl/N-ethyl adjacent to an activating group) is 1. The molecule has 0 bridgehead atoms. The Hall–Kier alpha value is -0.570. The van der Waals surface area contributed by atoms with Gasteiger partial charge >= 0.3 is 5.97 Å². The molecule has 1 fully saturated rings. The molecule has 142 valence electrons. The number of likely N-dealkylation sites (tertiary alicyclic amines) is 1. The van der Waals surface area contributed by atoms with E-state index >= 15 is 0 Å². The minimum atomic E-state index is -0.0485. The first-order valence-corrected chi connectivity index (χ1v) is 8.93. The van der Waals surface area contributed by atoms with E-state index in [0.29, 0.717) is 6.61 Å². The zero-order chi connectivity index (χ0) is 17.1. The molecular weight excluding hydrogens is 419 g/mol. The largest absolute Gasteiger partial charge is 0.466 e. The van der Waals surface area contributed by atoms with Crippen molar-refractivity contribution in [2.75, 3.05) is 53.4 Å². The van der Waals surface area contributed by atoms with Crippen molar-refractivity contribution in [1.82, 2.24) is 15.1 Å². The summed E-state index contributed by atoms with van der Waals surface area (Å²) >= 11 is 0. The van der Waals surface area contributed by atoms with Gasteiger partial charge in [0.15, 0.2) is 5.96 Å². The summed E-state index contributed by atoms with van der Waals surface area (Å²) < 4.78 is 5.12. The number of aliphatic imine (C=N–C) groups is 1. The number of piperidine rings is 1. The second-order valence-electron chi connectivity index (χ2n) is 6.14. The molecule has 1 saturated heterocycles. The zero-order valence-electron chi connectivity index (χ0n) is 15.7. The van der Waals surface area contributed by atoms with Gasteiger partial charge in [0, 0.05) is 33.2 Å². The number of rotatable bonds is 8. The molecule has 0 atom stereocenters. The highest BCUT2D eigenvalue weighted by molar-refractivity contribution is 14.0. The second-order valence-corrected chi connectivity index (χ2v) is 6.14. The van der Waals surface area contributed by atoms with Crippen LogP contribution in [0, 0.1) is 5.92 Å². The normalized spacial score (nSPS) is 16.0. The van der Waals surface area contributed by atoms with Crippen LogP contribution >= 0.6 is 24.0 Å². The Bertz CT molecular complexity index is 372. The molecule has 1 aliphatic heterocycles. The number of carbonyl (C=O) groups is 1. The smallest absolute Gasteiger partial charge is 0.309 e. The number of nitrogens with zero attached hydrogens (tertiary/aromatic N) is 3. The summed E-state index contributed by atoms with van der Waals surface area (Å²) in [5.41, 5.74) is 0. The van der Waals surface area contributed by atoms with Crippen LogP contribution in [0.2, 0.25) is 0 Å². The lowest BCUT2D eigenvalue weighted by Gasteiger charge is -2.33. The van der Waals surface area contributed by atoms with Gasteiger partial charge in [-0.1, -0.05) is 13.3 Å². The highest BCUT2D eigenvalue weighted by atomic mass is 127. The van der Waals surface area contributed by atoms with Gasteiger partial charge in [-0.3, -0.25) is 9.79 Å². The number of hydrogen-bond donors (Lipinski definition) is 1. The van der Waals surface area contributed by atoms with Crippen LogP contribution in [0.5, 0.6) is 0 Å². The predicted molar refractivity (Wildman–Crippen MR) is 110 cm³/mol. The molecule has 1 N–H and O–H groups in total. The molecule has 1 heterocycles. The molecule has 0 saturated carbocycles. The SMILES string of the molecule is CCCCN(C)CCNC(=NC)N1CCC(C(=O)OCC)CC1.I. The monoisotopic (exact) mass is 454 g/mol. The minimum absolute atomic E-state index is 0. The molecule has 1 rings (SSSR count). The number of carbonyl (C=O) groups excluding carboxylic acids is 1. The Morgan fingerprint density at radius 3 is 2.50 bits per heavy atom. The first-order chi connectivity index (χ1) is 11.1. The summed E-state index contributed by atoms with van der Waals surface area (Å²) in [4.78, 5) is 20.7. The highest BCUT2D eigenvalue weighted by Crippen LogP contribution is 2.18. The fraction of sp³-hybridized carbons (Fsp3) is 0.882. The Balaban J connectivity index is 0.00000529. The third-order valence-corrected chi connectivity index (χ3v) is 4.30. The van der Waals surface area contributed by atoms with Gasteiger partial charge in [-0.15, -0.1) is 24.0 Å². The maximum absolute atomic E-state index is 11.8. The molecule has 0 aromatic carbocycles. The lowest BCUT2D eigenvalue weighted by Crippen LogP contribution is -2.48. The maximum atomic E-state index is 11.8. The van der Waals surface area contributed by atoms with Crippen molar-refractivity contribution in [3.63, 3.8) is 0 Å². The van der Waals surface area contributed by atoms with Crippen LogP contribution in [0.1, 0.15) is 39.5 Å². The summed E-state index contributed by atoms with van der Waals surface area (Å²) in [5.74, 6) is 0.938. The van der Waals surface area contributed by atoms with E-state index in [0.717, 1.165) is 51.5 Å². The Morgan fingerprint density at radius 1 is 1.29 bits per heavy atom. The fourth-order valence-electron chi connectivity index (χ4n) is 2.82. The van der Waals surface area contributed by atoms with Gasteiger partial charge in [-0.05, 0) is 39.8 Å². The number of unbranched alkanes of at least 4 members (excludes halogenated alkanes) is 1. The van der Waals surface area contributed by atoms with Crippen molar-refractivity contribution in [1.29, 1.82) is 0 Å². The standard InChI is InChI=1S/C17H34N4O2.HI/c1-5-7-11-20(4)14-10-19-17(18-3)21-12-8-15(9-13-21)16(22)23-6-2;/h15H,5-14H2,1-4H3,(H,18,19);1H. The van der Waals surface area contributed by atoms with Crippen LogP contribution in [0.25, 0.3) is 0 Å². The van der Waals surface area contributed by atoms with Gasteiger partial charge in [0.2, 0.25) is 0 Å². The summed E-state index contributed by atoms with van der Waals surface area (Å²) in [6.45, 7) is 9.30. The Labute approximate surface area is 164 Å². The van der Waals surface area contributed by atoms with E-state index in [9.17, 15) is 4.79 Å². The average Bonchev–Trinajstić information content (AvgIpc) is 2.57. The van der Waals surface area contributed by atoms with Crippen molar-refractivity contribution in [3.8, 4) is 0 Å². The molecule has 0 aromatic heterocycles. The topological polar surface area (TPSA) is 57.2 Å². The van der Waals surface area contributed by atoms with E-state index in [2.05, 4.69) is 34.1 Å². The first kappa shape index (κ1) is 23.4. The van der Waals surface area contributed by atoms with Crippen molar-refractivity contribution >= 4 is 35.9 Å². The molecule has 0 aromatic rings. The number of halogens is 1. The molecular formula is C17H35IN4O2. The van der Waals surface area contributed by atoms with Crippen LogP contribution < -0.4 is 5.32 Å². The van der Waals surface area contributed by atoms with E-state index in [1.165, 1.54) is 12.8 Å². The molecule has 6 nitrogen and oxygen atoms in total. The van der Waals surface area contributed by atoms with Crippen molar-refractivity contribution < 1.29 is 9.53 Å². The van der Waals surface area contributed by atoms with E-state index in [4.69, 9.17) is 4.74 Å². The van der Waals surface area contributed by atoms with Gasteiger partial charge in [0.05, 0.1) is 12.5 Å². The van der Waals surface area contributed by atoms with Crippen molar-refractivity contribution in [3.05, 3.63) is 0 Å². The average molecular weight is 454 g/mol. The van der Waals surface area contributed by atoms with Gasteiger partial charge in [-0.2, -0.15) is 0 Å². The third-order valence-electron chi connectivity index (χ3n) is 4.30. The predicted octanol–water partition coefficient (Wildman–Crippen LogP) is 2.19. The van der Waals surface area contributed by atoms with E-state index in [1.807, 2.05) is 14.0 Å². The zero-order valence-corrected chi connectivity index (χ0v) is 18.0. The van der Waals surface area contributed by atoms with Crippen LogP contribution in [0.4, 0.5) is 0 Å². The maximum Gasteiger partial charge on any atom is 0.309 e. The summed E-state index contributed by atoms with van der Waals surface area (Å²) in [6.07, 6.45) is 4.16. The summed E-state index contributed by atoms with van der Waals surface area (Å²) in [5, 5.41) is 3.43. The molecule has 1 aliphatic rings. The number of hydrogen-bond acceptors (Lipinski definition) is 4. The molecule has 24 heavy (non-hydrogen) atoms. The van der Waals surface area contributed by atoms with Gasteiger partial charge in [0.1, 0.15) is 0 Å². The van der Waals surface area contributed by atoms with Crippen LogP contribution in [0.3, 0.4) is 0 Å². The van der Waals surface area contributed by atoms with E-state index < -0.39 is 0 Å². The quantitative estimate of drug-likeness (QED) is 0.264. The van der Waals surface area contributed by atoms with Crippen molar-refractivity contribution in [2.45, 2.75) is 39.5 Å². The molecule has 0 spiro atoms. The summed E-state index contributed by atoms with van der Waals surface area (Å²) in [7, 11) is 3.98. The van der Waals surface area contributed by atoms with Crippen LogP contribution in [0.15, 0.2) is 4.99 Å². The number of ether oxygens (including phenoxy) is 1. The minimum Gasteiger partial charge on any atom is -0.466 e. The molecule has 0 aliphatic carbocycles. The van der Waals surface area contributed by atoms with Crippen molar-refractivity contribution in [2.24, 2.45) is 10.9 Å². The molecule has 0 radical (unpaired) electrons. The Kier molecular flexibility index (Phi) is 13.4. The molecule has 7 heteroatoms. The van der Waals surface area contributed by atoms with E-state index in [-0.39, 0.29) is 35.9 Å². The third kappa shape index (κ3) is 8.50. The lowest BCUT2D eigenvalue weighted by atomic mass is 9.97. The van der Waals surface area contributed by atoms with Crippen LogP contribution in [-0.4, -0.2) is 75.2 Å². The van der Waals surface area contributed by atoms with Gasteiger partial charge in [-0.25, -0.2) is 0 Å². The molecule has 0 unspecified atom stereocenters. The van der Waals surface area contributed by atoms with Gasteiger partial charge < -0.3 is 19.9 Å². The van der Waals surface area contributed by atoms with Crippen LogP contribution in [-0.2, 0) is 9.53 Å². The first-order valence-electron chi connectivity index (χ1n) is 8.93. The number of esters is 1. The second kappa shape index (κ2) is 13.7. The van der Waals surface area contributed by atoms with E-state index in [1.54, 1.807) is 0 Å². The van der Waals surface area contributed by atoms with Gasteiger partial charge in [0.25, 0.3) is 0 Å². The fourth-order valence-corrected chi connectivity index (χ4v) is 2.82. The Morgan fingerprint density at radius 2 is 1.96 bits per heavy atom. The lowest BCUT2D eigenvalue weighted by molar-refractivity contribution is -0.149. The molecule has 0 amide bonds. The number of nitrogens with one attached hydrogen (secondary N) is 1.